The molecular formula is C12H11FN8. The summed E-state index contributed by atoms with van der Waals surface area (Å²) in [7, 11) is 0. The minimum absolute atomic E-state index is 0.0204. The predicted molar refractivity (Wildman–Crippen MR) is 73.6 cm³/mol. The van der Waals surface area contributed by atoms with Crippen molar-refractivity contribution in [2.45, 2.75) is 6.92 Å². The van der Waals surface area contributed by atoms with Crippen molar-refractivity contribution in [3.05, 3.63) is 42.2 Å². The first kappa shape index (κ1) is 12.9. The lowest BCUT2D eigenvalue weighted by atomic mass is 10.2. The summed E-state index contributed by atoms with van der Waals surface area (Å²) in [5.74, 6) is 0.115. The lowest BCUT2D eigenvalue weighted by Crippen LogP contribution is -2.10. The summed E-state index contributed by atoms with van der Waals surface area (Å²) in [6.07, 6.45) is 2.79. The highest BCUT2D eigenvalue weighted by molar-refractivity contribution is 5.59. The number of rotatable bonds is 3. The number of nitrogens with zero attached hydrogens (tertiary/aromatic N) is 6. The highest BCUT2D eigenvalue weighted by Gasteiger charge is 2.09. The zero-order valence-electron chi connectivity index (χ0n) is 11.0. The minimum Gasteiger partial charge on any atom is -0.368 e. The van der Waals surface area contributed by atoms with E-state index in [0.29, 0.717) is 11.3 Å². The van der Waals surface area contributed by atoms with Gasteiger partial charge >= 0.3 is 0 Å². The number of nitrogens with one attached hydrogen (secondary N) is 1. The third kappa shape index (κ3) is 2.61. The first-order valence-corrected chi connectivity index (χ1v) is 6.02. The maximum absolute atomic E-state index is 13.5. The van der Waals surface area contributed by atoms with Crippen LogP contribution in [0.25, 0.3) is 5.95 Å². The Morgan fingerprint density at radius 1 is 1.24 bits per heavy atom. The maximum Gasteiger partial charge on any atom is 0.258 e. The number of nitrogens with two attached hydrogens (primary N) is 1. The zero-order valence-corrected chi connectivity index (χ0v) is 11.0. The predicted octanol–water partition coefficient (Wildman–Crippen LogP) is 1.23. The molecule has 8 nitrogen and oxygen atoms in total. The summed E-state index contributed by atoms with van der Waals surface area (Å²) < 4.78 is 14.9. The van der Waals surface area contributed by atoms with Gasteiger partial charge in [0.05, 0.1) is 0 Å². The van der Waals surface area contributed by atoms with Gasteiger partial charge in [-0.05, 0) is 19.1 Å². The van der Waals surface area contributed by atoms with E-state index in [1.165, 1.54) is 23.4 Å². The van der Waals surface area contributed by atoms with Gasteiger partial charge in [0.25, 0.3) is 5.95 Å². The van der Waals surface area contributed by atoms with E-state index in [9.17, 15) is 4.39 Å². The molecule has 2 heterocycles. The molecule has 0 aliphatic carbocycles. The molecule has 1 aromatic carbocycles. The van der Waals surface area contributed by atoms with Gasteiger partial charge in [-0.25, -0.2) is 9.37 Å². The molecule has 0 amide bonds. The van der Waals surface area contributed by atoms with Gasteiger partial charge in [-0.15, -0.1) is 0 Å². The Hall–Kier alpha value is -3.10. The van der Waals surface area contributed by atoms with Gasteiger partial charge in [0, 0.05) is 11.3 Å². The van der Waals surface area contributed by atoms with Crippen molar-refractivity contribution in [3.8, 4) is 5.95 Å². The Morgan fingerprint density at radius 2 is 2.10 bits per heavy atom. The zero-order chi connectivity index (χ0) is 14.8. The Bertz CT molecular complexity index is 771. The minimum atomic E-state index is -0.321. The second kappa shape index (κ2) is 5.12. The molecule has 0 spiro atoms. The molecule has 21 heavy (non-hydrogen) atoms. The number of benzene rings is 1. The van der Waals surface area contributed by atoms with Gasteiger partial charge < -0.3 is 11.1 Å². The van der Waals surface area contributed by atoms with Crippen LogP contribution < -0.4 is 11.1 Å². The van der Waals surface area contributed by atoms with Crippen LogP contribution in [0.3, 0.4) is 0 Å². The van der Waals surface area contributed by atoms with Gasteiger partial charge in [-0.3, -0.25) is 0 Å². The summed E-state index contributed by atoms with van der Waals surface area (Å²) in [6, 6.07) is 4.68. The second-order valence-electron chi connectivity index (χ2n) is 4.19. The largest absolute Gasteiger partial charge is 0.368 e. The Labute approximate surface area is 118 Å². The first-order valence-electron chi connectivity index (χ1n) is 6.02. The number of aromatic nitrogens is 6. The Morgan fingerprint density at radius 3 is 2.86 bits per heavy atom. The van der Waals surface area contributed by atoms with Crippen molar-refractivity contribution in [2.24, 2.45) is 0 Å². The highest BCUT2D eigenvalue weighted by Crippen LogP contribution is 2.20. The molecule has 0 aliphatic heterocycles. The van der Waals surface area contributed by atoms with Crippen molar-refractivity contribution >= 4 is 17.6 Å². The van der Waals surface area contributed by atoms with Crippen LogP contribution in [-0.2, 0) is 0 Å². The molecule has 3 aromatic rings. The molecule has 0 saturated heterocycles. The lowest BCUT2D eigenvalue weighted by molar-refractivity contribution is 0.619. The van der Waals surface area contributed by atoms with Crippen LogP contribution in [0.1, 0.15) is 5.56 Å². The van der Waals surface area contributed by atoms with Crippen LogP contribution in [0.15, 0.2) is 30.9 Å². The van der Waals surface area contributed by atoms with E-state index < -0.39 is 0 Å². The lowest BCUT2D eigenvalue weighted by Gasteiger charge is -2.09. The van der Waals surface area contributed by atoms with Crippen LogP contribution in [0.5, 0.6) is 0 Å². The van der Waals surface area contributed by atoms with Crippen molar-refractivity contribution in [2.75, 3.05) is 11.1 Å². The molecule has 0 fully saturated rings. The van der Waals surface area contributed by atoms with Gasteiger partial charge in [-0.2, -0.15) is 24.7 Å². The normalized spacial score (nSPS) is 10.6. The first-order chi connectivity index (χ1) is 10.1. The summed E-state index contributed by atoms with van der Waals surface area (Å²) in [4.78, 5) is 15.9. The number of anilines is 3. The monoisotopic (exact) mass is 286 g/mol. The molecule has 0 saturated carbocycles. The van der Waals surface area contributed by atoms with Crippen molar-refractivity contribution < 1.29 is 4.39 Å². The standard InChI is InChI=1S/C12H11FN8/c1-7-8(13)3-2-4-9(7)17-11-18-10(14)19-12(20-11)21-6-15-5-16-21/h2-6H,1H3,(H3,14,17,18,19,20). The van der Waals surface area contributed by atoms with Crippen LogP contribution in [-0.4, -0.2) is 29.7 Å². The van der Waals surface area contributed by atoms with Crippen molar-refractivity contribution in [3.63, 3.8) is 0 Å². The number of nitrogen functional groups attached to an aromatic ring is 1. The molecule has 0 atom stereocenters. The molecule has 3 N–H and O–H groups in total. The van der Waals surface area contributed by atoms with Gasteiger partial charge in [0.1, 0.15) is 18.5 Å². The average Bonchev–Trinajstić information content (AvgIpc) is 2.97. The molecule has 3 rings (SSSR count). The summed E-state index contributed by atoms with van der Waals surface area (Å²) >= 11 is 0. The Kier molecular flexibility index (Phi) is 3.14. The van der Waals surface area contributed by atoms with E-state index in [1.54, 1.807) is 19.1 Å². The van der Waals surface area contributed by atoms with Crippen LogP contribution >= 0.6 is 0 Å². The van der Waals surface area contributed by atoms with Crippen LogP contribution in [0, 0.1) is 12.7 Å². The highest BCUT2D eigenvalue weighted by atomic mass is 19.1. The summed E-state index contributed by atoms with van der Waals surface area (Å²) in [5.41, 5.74) is 6.65. The van der Waals surface area contributed by atoms with E-state index in [4.69, 9.17) is 5.73 Å². The summed E-state index contributed by atoms with van der Waals surface area (Å²) in [6.45, 7) is 1.65. The number of hydrogen-bond acceptors (Lipinski definition) is 7. The smallest absolute Gasteiger partial charge is 0.258 e. The fourth-order valence-electron chi connectivity index (χ4n) is 1.71. The van der Waals surface area contributed by atoms with E-state index in [-0.39, 0.29) is 23.7 Å². The van der Waals surface area contributed by atoms with E-state index >= 15 is 0 Å². The molecule has 9 heteroatoms. The van der Waals surface area contributed by atoms with Gasteiger partial charge in [-0.1, -0.05) is 6.07 Å². The molecule has 2 aromatic heterocycles. The SMILES string of the molecule is Cc1c(F)cccc1Nc1nc(N)nc(-n2cncn2)n1. The maximum atomic E-state index is 13.5. The fourth-order valence-corrected chi connectivity index (χ4v) is 1.71. The number of hydrogen-bond donors (Lipinski definition) is 2. The molecular weight excluding hydrogens is 275 g/mol. The molecule has 0 unspecified atom stereocenters. The third-order valence-corrected chi connectivity index (χ3v) is 2.78. The quantitative estimate of drug-likeness (QED) is 0.745. The van der Waals surface area contributed by atoms with Crippen molar-refractivity contribution in [1.82, 2.24) is 29.7 Å². The van der Waals surface area contributed by atoms with Gasteiger partial charge in [0.2, 0.25) is 11.9 Å². The average molecular weight is 286 g/mol. The molecule has 0 bridgehead atoms. The van der Waals surface area contributed by atoms with Crippen molar-refractivity contribution in [1.29, 1.82) is 0 Å². The summed E-state index contributed by atoms with van der Waals surface area (Å²) in [5, 5.41) is 6.83. The Balaban J connectivity index is 1.98. The van der Waals surface area contributed by atoms with Crippen LogP contribution in [0.4, 0.5) is 22.0 Å². The molecule has 0 aliphatic rings. The van der Waals surface area contributed by atoms with E-state index in [0.717, 1.165) is 0 Å². The third-order valence-electron chi connectivity index (χ3n) is 2.78. The van der Waals surface area contributed by atoms with E-state index in [1.807, 2.05) is 0 Å². The second-order valence-corrected chi connectivity index (χ2v) is 4.19. The van der Waals surface area contributed by atoms with Gasteiger partial charge in [0.15, 0.2) is 0 Å². The fraction of sp³-hybridized carbons (Fsp3) is 0.0833. The molecule has 0 radical (unpaired) electrons. The van der Waals surface area contributed by atoms with Crippen LogP contribution in [0.2, 0.25) is 0 Å². The number of halogens is 1. The topological polar surface area (TPSA) is 107 Å². The van der Waals surface area contributed by atoms with E-state index in [2.05, 4.69) is 30.4 Å². The molecule has 106 valence electrons.